The lowest BCUT2D eigenvalue weighted by atomic mass is 9.88. The van der Waals surface area contributed by atoms with Crippen molar-refractivity contribution in [2.24, 2.45) is 0 Å². The summed E-state index contributed by atoms with van der Waals surface area (Å²) in [5.41, 5.74) is -0.242. The number of aromatic nitrogens is 3. The van der Waals surface area contributed by atoms with Crippen LogP contribution in [-0.2, 0) is 6.42 Å². The molecule has 1 heterocycles. The van der Waals surface area contributed by atoms with Crippen molar-refractivity contribution in [3.63, 3.8) is 0 Å². The van der Waals surface area contributed by atoms with E-state index in [9.17, 15) is 5.11 Å². The average Bonchev–Trinajstić information content (AvgIpc) is 2.75. The summed E-state index contributed by atoms with van der Waals surface area (Å²) in [7, 11) is 4.00. The first-order chi connectivity index (χ1) is 8.32. The highest BCUT2D eigenvalue weighted by molar-refractivity contribution is 4.97. The van der Waals surface area contributed by atoms with Gasteiger partial charge < -0.3 is 10.0 Å². The average molecular weight is 254 g/mol. The Kier molecular flexibility index (Phi) is 4.87. The van der Waals surface area contributed by atoms with Crippen LogP contribution in [0.1, 0.15) is 46.0 Å². The first kappa shape index (κ1) is 15.1. The zero-order valence-electron chi connectivity index (χ0n) is 12.4. The minimum Gasteiger partial charge on any atom is -0.391 e. The molecule has 0 amide bonds. The van der Waals surface area contributed by atoms with Gasteiger partial charge in [0, 0.05) is 18.0 Å². The van der Waals surface area contributed by atoms with E-state index in [0.29, 0.717) is 6.42 Å². The Morgan fingerprint density at radius 3 is 2.50 bits per heavy atom. The van der Waals surface area contributed by atoms with Crippen molar-refractivity contribution in [3.8, 4) is 0 Å². The zero-order chi connectivity index (χ0) is 13.9. The van der Waals surface area contributed by atoms with Crippen LogP contribution in [0.15, 0.2) is 6.33 Å². The van der Waals surface area contributed by atoms with E-state index in [1.54, 1.807) is 6.33 Å². The van der Waals surface area contributed by atoms with E-state index in [2.05, 4.69) is 42.7 Å². The molecule has 0 aliphatic heterocycles. The molecule has 0 spiro atoms. The monoisotopic (exact) mass is 254 g/mol. The molecule has 1 rings (SSSR count). The molecule has 2 unspecified atom stereocenters. The van der Waals surface area contributed by atoms with Gasteiger partial charge in [-0.1, -0.05) is 6.92 Å². The van der Waals surface area contributed by atoms with Gasteiger partial charge in [0.25, 0.3) is 0 Å². The van der Waals surface area contributed by atoms with Crippen molar-refractivity contribution in [1.82, 2.24) is 19.7 Å². The first-order valence-electron chi connectivity index (χ1n) is 6.56. The van der Waals surface area contributed by atoms with Crippen molar-refractivity contribution >= 4 is 0 Å². The second-order valence-corrected chi connectivity index (χ2v) is 5.54. The lowest BCUT2D eigenvalue weighted by Crippen LogP contribution is -2.51. The number of likely N-dealkylation sites (N-methyl/N-ethyl adjacent to an activating group) is 1. The van der Waals surface area contributed by atoms with Gasteiger partial charge in [-0.15, -0.1) is 0 Å². The van der Waals surface area contributed by atoms with Crippen LogP contribution in [0, 0.1) is 0 Å². The fourth-order valence-electron chi connectivity index (χ4n) is 2.09. The second-order valence-electron chi connectivity index (χ2n) is 5.54. The third-order valence-electron chi connectivity index (χ3n) is 3.97. The smallest absolute Gasteiger partial charge is 0.138 e. The van der Waals surface area contributed by atoms with E-state index in [0.717, 1.165) is 12.2 Å². The van der Waals surface area contributed by atoms with E-state index >= 15 is 0 Å². The van der Waals surface area contributed by atoms with E-state index < -0.39 is 6.10 Å². The van der Waals surface area contributed by atoms with Crippen LogP contribution < -0.4 is 0 Å². The van der Waals surface area contributed by atoms with E-state index in [-0.39, 0.29) is 11.6 Å². The molecule has 0 saturated carbocycles. The Hall–Kier alpha value is -0.940. The summed E-state index contributed by atoms with van der Waals surface area (Å²) in [6.07, 6.45) is 2.51. The van der Waals surface area contributed by atoms with Gasteiger partial charge in [-0.3, -0.25) is 0 Å². The summed E-state index contributed by atoms with van der Waals surface area (Å²) in [5, 5.41) is 14.7. The van der Waals surface area contributed by atoms with E-state index in [4.69, 9.17) is 0 Å². The molecule has 0 aromatic carbocycles. The van der Waals surface area contributed by atoms with Crippen LogP contribution >= 0.6 is 0 Å². The number of nitrogens with zero attached hydrogens (tertiary/aromatic N) is 4. The van der Waals surface area contributed by atoms with Gasteiger partial charge in [-0.05, 0) is 41.3 Å². The number of rotatable bonds is 6. The normalized spacial score (nSPS) is 17.2. The van der Waals surface area contributed by atoms with Gasteiger partial charge in [-0.25, -0.2) is 9.67 Å². The SMILES string of the molecule is CCC(C)(C(O)Cc1ncnn1C(C)C)N(C)C. The summed E-state index contributed by atoms with van der Waals surface area (Å²) in [5.74, 6) is 0.846. The molecule has 1 aromatic heterocycles. The second kappa shape index (κ2) is 5.80. The Labute approximate surface area is 110 Å². The number of hydrogen-bond donors (Lipinski definition) is 1. The lowest BCUT2D eigenvalue weighted by molar-refractivity contribution is 0.00118. The molecule has 18 heavy (non-hydrogen) atoms. The molecule has 1 aromatic rings. The van der Waals surface area contributed by atoms with Gasteiger partial charge in [0.15, 0.2) is 0 Å². The molecule has 1 N–H and O–H groups in total. The van der Waals surface area contributed by atoms with Gasteiger partial charge >= 0.3 is 0 Å². The highest BCUT2D eigenvalue weighted by atomic mass is 16.3. The van der Waals surface area contributed by atoms with Crippen molar-refractivity contribution in [2.75, 3.05) is 14.1 Å². The Morgan fingerprint density at radius 1 is 1.44 bits per heavy atom. The van der Waals surface area contributed by atoms with Crippen LogP contribution in [-0.4, -0.2) is 50.5 Å². The number of aliphatic hydroxyl groups excluding tert-OH is 1. The molecule has 0 fully saturated rings. The highest BCUT2D eigenvalue weighted by Gasteiger charge is 2.34. The third-order valence-corrected chi connectivity index (χ3v) is 3.97. The fourth-order valence-corrected chi connectivity index (χ4v) is 2.09. The molecular weight excluding hydrogens is 228 g/mol. The Balaban J connectivity index is 2.86. The highest BCUT2D eigenvalue weighted by Crippen LogP contribution is 2.23. The van der Waals surface area contributed by atoms with E-state index in [1.807, 2.05) is 18.8 Å². The Bertz CT molecular complexity index is 375. The molecule has 0 saturated heterocycles. The molecule has 0 aliphatic carbocycles. The zero-order valence-corrected chi connectivity index (χ0v) is 12.4. The quantitative estimate of drug-likeness (QED) is 0.835. The van der Waals surface area contributed by atoms with Crippen LogP contribution in [0.2, 0.25) is 0 Å². The molecule has 2 atom stereocenters. The van der Waals surface area contributed by atoms with Crippen molar-refractivity contribution < 1.29 is 5.11 Å². The molecule has 0 bridgehead atoms. The van der Waals surface area contributed by atoms with Crippen LogP contribution in [0.5, 0.6) is 0 Å². The van der Waals surface area contributed by atoms with Crippen LogP contribution in [0.3, 0.4) is 0 Å². The van der Waals surface area contributed by atoms with Gasteiger partial charge in [0.1, 0.15) is 12.2 Å². The molecule has 5 heteroatoms. The maximum Gasteiger partial charge on any atom is 0.138 e. The predicted molar refractivity (Wildman–Crippen MR) is 72.5 cm³/mol. The standard InChI is InChI=1S/C13H26N4O/c1-7-13(4,16(5)6)11(18)8-12-14-9-15-17(12)10(2)3/h9-11,18H,7-8H2,1-6H3. The number of aliphatic hydroxyl groups is 1. The van der Waals surface area contributed by atoms with Crippen molar-refractivity contribution in [1.29, 1.82) is 0 Å². The minimum absolute atomic E-state index is 0.242. The predicted octanol–water partition coefficient (Wildman–Crippen LogP) is 1.49. The fraction of sp³-hybridized carbons (Fsp3) is 0.846. The molecule has 104 valence electrons. The summed E-state index contributed by atoms with van der Waals surface area (Å²) < 4.78 is 1.87. The maximum absolute atomic E-state index is 10.5. The first-order valence-corrected chi connectivity index (χ1v) is 6.56. The van der Waals surface area contributed by atoms with Gasteiger partial charge in [0.05, 0.1) is 6.10 Å². The van der Waals surface area contributed by atoms with E-state index in [1.165, 1.54) is 0 Å². The third kappa shape index (κ3) is 2.90. The van der Waals surface area contributed by atoms with Crippen molar-refractivity contribution in [2.45, 2.75) is 58.2 Å². The largest absolute Gasteiger partial charge is 0.391 e. The van der Waals surface area contributed by atoms with Gasteiger partial charge in [-0.2, -0.15) is 5.10 Å². The van der Waals surface area contributed by atoms with Crippen LogP contribution in [0.4, 0.5) is 0 Å². The summed E-state index contributed by atoms with van der Waals surface area (Å²) in [6.45, 7) is 8.30. The summed E-state index contributed by atoms with van der Waals surface area (Å²) in [4.78, 5) is 6.34. The molecule has 0 radical (unpaired) electrons. The van der Waals surface area contributed by atoms with Crippen LogP contribution in [0.25, 0.3) is 0 Å². The topological polar surface area (TPSA) is 54.2 Å². The minimum atomic E-state index is -0.459. The Morgan fingerprint density at radius 2 is 2.06 bits per heavy atom. The molecular formula is C13H26N4O. The number of hydrogen-bond acceptors (Lipinski definition) is 4. The molecule has 5 nitrogen and oxygen atoms in total. The molecule has 0 aliphatic rings. The van der Waals surface area contributed by atoms with Gasteiger partial charge in [0.2, 0.25) is 0 Å². The summed E-state index contributed by atoms with van der Waals surface area (Å²) >= 11 is 0. The lowest BCUT2D eigenvalue weighted by Gasteiger charge is -2.39. The maximum atomic E-state index is 10.5. The van der Waals surface area contributed by atoms with Crippen molar-refractivity contribution in [3.05, 3.63) is 12.2 Å². The summed E-state index contributed by atoms with van der Waals surface area (Å²) in [6, 6.07) is 0.266.